The molecule has 5 rings (SSSR count). The third-order valence-electron chi connectivity index (χ3n) is 6.23. The first kappa shape index (κ1) is 28.3. The van der Waals surface area contributed by atoms with E-state index in [-0.39, 0.29) is 5.82 Å². The van der Waals surface area contributed by atoms with Crippen LogP contribution in [0.1, 0.15) is 35.8 Å². The number of ether oxygens (including phenoxy) is 1. The Labute approximate surface area is 241 Å². The van der Waals surface area contributed by atoms with Crippen LogP contribution >= 0.6 is 11.3 Å². The Morgan fingerprint density at radius 2 is 1.95 bits per heavy atom. The topological polar surface area (TPSA) is 114 Å². The quantitative estimate of drug-likeness (QED) is 0.145. The molecule has 2 amide bonds. The van der Waals surface area contributed by atoms with E-state index in [1.54, 1.807) is 42.7 Å². The number of amides is 2. The molecule has 11 heteroatoms. The molecule has 0 unspecified atom stereocenters. The summed E-state index contributed by atoms with van der Waals surface area (Å²) in [5, 5.41) is 12.2. The molecule has 0 fully saturated rings. The number of urea groups is 1. The first-order chi connectivity index (χ1) is 20.0. The summed E-state index contributed by atoms with van der Waals surface area (Å²) in [5.74, 6) is 0.436. The van der Waals surface area contributed by atoms with Gasteiger partial charge in [0.2, 0.25) is 0 Å². The van der Waals surface area contributed by atoms with Crippen LogP contribution in [0.5, 0.6) is 0 Å². The van der Waals surface area contributed by atoms with Gasteiger partial charge in [0.15, 0.2) is 5.82 Å². The monoisotopic (exact) mass is 574 g/mol. The highest BCUT2D eigenvalue weighted by molar-refractivity contribution is 7.22. The third kappa shape index (κ3) is 7.51. The minimum Gasteiger partial charge on any atom is -0.380 e. The summed E-state index contributed by atoms with van der Waals surface area (Å²) in [6, 6.07) is 13.7. The summed E-state index contributed by atoms with van der Waals surface area (Å²) in [7, 11) is 0. The van der Waals surface area contributed by atoms with Crippen LogP contribution in [-0.2, 0) is 17.7 Å². The molecule has 5 aromatic rings. The number of nitrogens with zero attached hydrogens (tertiary/aromatic N) is 3. The van der Waals surface area contributed by atoms with Gasteiger partial charge < -0.3 is 19.9 Å². The molecular weight excluding hydrogens is 543 g/mol. The van der Waals surface area contributed by atoms with Crippen LogP contribution in [0.2, 0.25) is 0 Å². The van der Waals surface area contributed by atoms with Gasteiger partial charge in [-0.3, -0.25) is 15.3 Å². The largest absolute Gasteiger partial charge is 0.380 e. The van der Waals surface area contributed by atoms with Gasteiger partial charge in [-0.2, -0.15) is 0 Å². The van der Waals surface area contributed by atoms with Crippen molar-refractivity contribution in [3.8, 4) is 10.6 Å². The number of hydrogen-bond donors (Lipinski definition) is 3. The zero-order chi connectivity index (χ0) is 28.6. The molecule has 0 aliphatic rings. The van der Waals surface area contributed by atoms with Crippen LogP contribution in [0.15, 0.2) is 65.4 Å². The molecule has 4 heterocycles. The van der Waals surface area contributed by atoms with Crippen LogP contribution in [0, 0.1) is 12.7 Å². The van der Waals surface area contributed by atoms with E-state index in [4.69, 9.17) is 9.26 Å². The fraction of sp³-hybridized carbons (Fsp3) is 0.267. The van der Waals surface area contributed by atoms with Gasteiger partial charge in [-0.15, -0.1) is 11.3 Å². The SMILES string of the molecule is CCCOCCNCc1ccc(-c2cc3nccc(Cc4ccc(NC(=O)Nc5cc(C)on5)cc4F)c3s2)nc1. The average molecular weight is 575 g/mol. The molecule has 41 heavy (non-hydrogen) atoms. The van der Waals surface area contributed by atoms with Gasteiger partial charge in [0.1, 0.15) is 11.6 Å². The second kappa shape index (κ2) is 13.4. The van der Waals surface area contributed by atoms with Crippen LogP contribution < -0.4 is 16.0 Å². The zero-order valence-corrected chi connectivity index (χ0v) is 23.7. The number of halogens is 1. The van der Waals surface area contributed by atoms with E-state index in [2.05, 4.69) is 44.1 Å². The lowest BCUT2D eigenvalue weighted by atomic mass is 10.0. The normalized spacial score (nSPS) is 11.2. The van der Waals surface area contributed by atoms with Crippen molar-refractivity contribution in [2.24, 2.45) is 0 Å². The van der Waals surface area contributed by atoms with Crippen molar-refractivity contribution in [2.75, 3.05) is 30.4 Å². The summed E-state index contributed by atoms with van der Waals surface area (Å²) in [6.45, 7) is 6.83. The van der Waals surface area contributed by atoms with Gasteiger partial charge in [-0.05, 0) is 60.4 Å². The van der Waals surface area contributed by atoms with E-state index in [0.717, 1.165) is 58.0 Å². The predicted molar refractivity (Wildman–Crippen MR) is 159 cm³/mol. The van der Waals surface area contributed by atoms with Crippen LogP contribution in [0.25, 0.3) is 20.8 Å². The molecular formula is C30H31FN6O3S. The van der Waals surface area contributed by atoms with Crippen molar-refractivity contribution in [3.05, 3.63) is 89.2 Å². The van der Waals surface area contributed by atoms with Gasteiger partial charge in [-0.25, -0.2) is 9.18 Å². The summed E-state index contributed by atoms with van der Waals surface area (Å²) in [4.78, 5) is 22.4. The molecule has 212 valence electrons. The maximum absolute atomic E-state index is 15.1. The number of thiophene rings is 1. The van der Waals surface area contributed by atoms with Crippen LogP contribution in [-0.4, -0.2) is 40.9 Å². The highest BCUT2D eigenvalue weighted by Gasteiger charge is 2.14. The maximum atomic E-state index is 15.1. The van der Waals surface area contributed by atoms with Crippen molar-refractivity contribution in [2.45, 2.75) is 33.2 Å². The molecule has 0 bridgehead atoms. The Hall–Kier alpha value is -4.19. The standard InChI is InChI=1S/C30H31FN6O3S/c1-3-11-39-12-10-32-17-20-4-7-25(34-18-20)27-16-26-29(41-27)22(8-9-33-26)14-21-5-6-23(15-24(21)31)35-30(38)36-28-13-19(2)40-37-28/h4-9,13,15-16,18,32H,3,10-12,14,17H2,1-2H3,(H2,35,36,37,38). The number of hydrogen-bond acceptors (Lipinski definition) is 8. The maximum Gasteiger partial charge on any atom is 0.324 e. The van der Waals surface area contributed by atoms with Gasteiger partial charge in [0.05, 0.1) is 27.4 Å². The zero-order valence-electron chi connectivity index (χ0n) is 22.9. The summed E-state index contributed by atoms with van der Waals surface area (Å²) < 4.78 is 26.5. The smallest absolute Gasteiger partial charge is 0.324 e. The predicted octanol–water partition coefficient (Wildman–Crippen LogP) is 6.54. The van der Waals surface area contributed by atoms with E-state index in [9.17, 15) is 4.79 Å². The number of pyridine rings is 2. The fourth-order valence-corrected chi connectivity index (χ4v) is 5.34. The molecule has 3 N–H and O–H groups in total. The van der Waals surface area contributed by atoms with Gasteiger partial charge in [-0.1, -0.05) is 24.2 Å². The lowest BCUT2D eigenvalue weighted by molar-refractivity contribution is 0.136. The Bertz CT molecular complexity index is 1620. The molecule has 0 atom stereocenters. The van der Waals surface area contributed by atoms with Crippen molar-refractivity contribution in [1.29, 1.82) is 0 Å². The van der Waals surface area contributed by atoms with Gasteiger partial charge in [0.25, 0.3) is 0 Å². The minimum atomic E-state index is -0.540. The molecule has 0 aliphatic carbocycles. The van der Waals surface area contributed by atoms with Crippen molar-refractivity contribution in [1.82, 2.24) is 20.4 Å². The average Bonchev–Trinajstić information content (AvgIpc) is 3.59. The number of anilines is 2. The Kier molecular flexibility index (Phi) is 9.29. The third-order valence-corrected chi connectivity index (χ3v) is 7.46. The summed E-state index contributed by atoms with van der Waals surface area (Å²) in [6.07, 6.45) is 5.03. The lowest BCUT2D eigenvalue weighted by Crippen LogP contribution is -2.19. The molecule has 0 spiro atoms. The number of benzene rings is 1. The Morgan fingerprint density at radius 1 is 1.05 bits per heavy atom. The number of carbonyl (C=O) groups excluding carboxylic acids is 1. The van der Waals surface area contributed by atoms with E-state index in [1.807, 2.05) is 24.4 Å². The number of fused-ring (bicyclic) bond motifs is 1. The highest BCUT2D eigenvalue weighted by atomic mass is 32.1. The van der Waals surface area contributed by atoms with Crippen molar-refractivity contribution >= 4 is 39.1 Å². The van der Waals surface area contributed by atoms with Crippen molar-refractivity contribution < 1.29 is 18.4 Å². The number of aromatic nitrogens is 3. The fourth-order valence-electron chi connectivity index (χ4n) is 4.23. The molecule has 0 saturated carbocycles. The van der Waals surface area contributed by atoms with Gasteiger partial charge >= 0.3 is 6.03 Å². The highest BCUT2D eigenvalue weighted by Crippen LogP contribution is 2.34. The van der Waals surface area contributed by atoms with E-state index in [0.29, 0.717) is 30.0 Å². The first-order valence-corrected chi connectivity index (χ1v) is 14.2. The molecule has 0 aliphatic heterocycles. The van der Waals surface area contributed by atoms with Crippen LogP contribution in [0.3, 0.4) is 0 Å². The summed E-state index contributed by atoms with van der Waals surface area (Å²) in [5.41, 5.74) is 4.63. The Balaban J connectivity index is 1.23. The molecule has 1 aromatic carbocycles. The molecule has 0 radical (unpaired) electrons. The second-order valence-electron chi connectivity index (χ2n) is 9.52. The van der Waals surface area contributed by atoms with E-state index < -0.39 is 11.8 Å². The van der Waals surface area contributed by atoms with E-state index in [1.165, 1.54) is 6.07 Å². The second-order valence-corrected chi connectivity index (χ2v) is 10.6. The minimum absolute atomic E-state index is 0.279. The summed E-state index contributed by atoms with van der Waals surface area (Å²) >= 11 is 1.59. The number of nitrogens with one attached hydrogen (secondary N) is 3. The first-order valence-electron chi connectivity index (χ1n) is 13.4. The number of carbonyl (C=O) groups is 1. The van der Waals surface area contributed by atoms with Gasteiger partial charge in [0, 0.05) is 50.3 Å². The molecule has 9 nitrogen and oxygen atoms in total. The molecule has 0 saturated heterocycles. The van der Waals surface area contributed by atoms with E-state index >= 15 is 4.39 Å². The molecule has 4 aromatic heterocycles. The lowest BCUT2D eigenvalue weighted by Gasteiger charge is -2.09. The van der Waals surface area contributed by atoms with Crippen LogP contribution in [0.4, 0.5) is 20.7 Å². The van der Waals surface area contributed by atoms with Crippen molar-refractivity contribution in [3.63, 3.8) is 0 Å². The number of rotatable bonds is 12. The Morgan fingerprint density at radius 3 is 2.71 bits per heavy atom. The number of aryl methyl sites for hydroxylation is 1.